The van der Waals surface area contributed by atoms with Crippen LogP contribution in [-0.2, 0) is 5.41 Å². The first-order valence-electron chi connectivity index (χ1n) is 10.2. The molecular weight excluding hydrogens is 370 g/mol. The molecule has 0 spiro atoms. The van der Waals surface area contributed by atoms with Crippen LogP contribution in [0, 0.1) is 6.92 Å². The van der Waals surface area contributed by atoms with E-state index in [0.717, 1.165) is 28.1 Å². The molecule has 3 nitrogen and oxygen atoms in total. The quantitative estimate of drug-likeness (QED) is 0.408. The SMILES string of the molecule is COc1c(-c2ccc3cc(C)ccc3c2)cc(-n2ccccc2=O)cc1C(C)(C)C. The Labute approximate surface area is 177 Å². The van der Waals surface area contributed by atoms with Crippen LogP contribution < -0.4 is 10.3 Å². The number of pyridine rings is 1. The van der Waals surface area contributed by atoms with Crippen molar-refractivity contribution in [2.75, 3.05) is 7.11 Å². The molecular formula is C27H27NO2. The van der Waals surface area contributed by atoms with Gasteiger partial charge in [-0.3, -0.25) is 9.36 Å². The zero-order valence-corrected chi connectivity index (χ0v) is 18.2. The Kier molecular flexibility index (Phi) is 4.98. The lowest BCUT2D eigenvalue weighted by Gasteiger charge is -2.26. The average Bonchev–Trinajstić information content (AvgIpc) is 2.72. The van der Waals surface area contributed by atoms with Crippen molar-refractivity contribution in [2.24, 2.45) is 0 Å². The van der Waals surface area contributed by atoms with Gasteiger partial charge >= 0.3 is 0 Å². The minimum absolute atomic E-state index is 0.0533. The van der Waals surface area contributed by atoms with Gasteiger partial charge in [0.1, 0.15) is 5.75 Å². The lowest BCUT2D eigenvalue weighted by atomic mass is 9.83. The first-order chi connectivity index (χ1) is 14.3. The summed E-state index contributed by atoms with van der Waals surface area (Å²) >= 11 is 0. The van der Waals surface area contributed by atoms with Crippen LogP contribution in [0.15, 0.2) is 77.7 Å². The van der Waals surface area contributed by atoms with Crippen molar-refractivity contribution in [3.05, 3.63) is 94.4 Å². The lowest BCUT2D eigenvalue weighted by Crippen LogP contribution is -2.19. The molecule has 0 aliphatic carbocycles. The number of fused-ring (bicyclic) bond motifs is 1. The monoisotopic (exact) mass is 397 g/mol. The second-order valence-electron chi connectivity index (χ2n) is 8.80. The van der Waals surface area contributed by atoms with Crippen molar-refractivity contribution in [3.63, 3.8) is 0 Å². The fourth-order valence-corrected chi connectivity index (χ4v) is 3.92. The van der Waals surface area contributed by atoms with Gasteiger partial charge in [-0.05, 0) is 52.9 Å². The molecule has 0 amide bonds. The number of rotatable bonds is 3. The number of benzene rings is 3. The van der Waals surface area contributed by atoms with E-state index in [9.17, 15) is 4.79 Å². The highest BCUT2D eigenvalue weighted by Crippen LogP contribution is 2.41. The normalized spacial score (nSPS) is 11.6. The largest absolute Gasteiger partial charge is 0.496 e. The van der Waals surface area contributed by atoms with E-state index < -0.39 is 0 Å². The minimum Gasteiger partial charge on any atom is -0.496 e. The molecule has 1 heterocycles. The number of aryl methyl sites for hydroxylation is 1. The molecule has 1 aromatic heterocycles. The minimum atomic E-state index is -0.150. The van der Waals surface area contributed by atoms with E-state index in [1.165, 1.54) is 16.3 Å². The summed E-state index contributed by atoms with van der Waals surface area (Å²) in [5, 5.41) is 2.39. The summed E-state index contributed by atoms with van der Waals surface area (Å²) in [6.45, 7) is 8.59. The third-order valence-corrected chi connectivity index (χ3v) is 5.49. The molecule has 0 aliphatic heterocycles. The van der Waals surface area contributed by atoms with Gasteiger partial charge in [-0.2, -0.15) is 0 Å². The molecule has 0 saturated heterocycles. The second kappa shape index (κ2) is 7.49. The molecule has 3 aromatic carbocycles. The Morgan fingerprint density at radius 1 is 0.867 bits per heavy atom. The van der Waals surface area contributed by atoms with Crippen molar-refractivity contribution in [1.29, 1.82) is 0 Å². The smallest absolute Gasteiger partial charge is 0.255 e. The number of ether oxygens (including phenoxy) is 1. The number of methoxy groups -OCH3 is 1. The topological polar surface area (TPSA) is 31.2 Å². The third-order valence-electron chi connectivity index (χ3n) is 5.49. The zero-order valence-electron chi connectivity index (χ0n) is 18.2. The molecule has 0 radical (unpaired) electrons. The summed E-state index contributed by atoms with van der Waals surface area (Å²) in [6, 6.07) is 22.3. The molecule has 0 fully saturated rings. The van der Waals surface area contributed by atoms with Crippen molar-refractivity contribution in [2.45, 2.75) is 33.1 Å². The fraction of sp³-hybridized carbons (Fsp3) is 0.222. The van der Waals surface area contributed by atoms with Crippen molar-refractivity contribution < 1.29 is 4.74 Å². The van der Waals surface area contributed by atoms with Crippen LogP contribution in [0.2, 0.25) is 0 Å². The van der Waals surface area contributed by atoms with Gasteiger partial charge in [-0.1, -0.05) is 62.7 Å². The van der Waals surface area contributed by atoms with Crippen LogP contribution in [0.5, 0.6) is 5.75 Å². The van der Waals surface area contributed by atoms with Gasteiger partial charge in [-0.25, -0.2) is 0 Å². The molecule has 0 saturated carbocycles. The number of nitrogens with zero attached hydrogens (tertiary/aromatic N) is 1. The first-order valence-corrected chi connectivity index (χ1v) is 10.2. The highest BCUT2D eigenvalue weighted by molar-refractivity contribution is 5.89. The molecule has 0 bridgehead atoms. The molecule has 0 unspecified atom stereocenters. The molecule has 4 aromatic rings. The molecule has 0 atom stereocenters. The highest BCUT2D eigenvalue weighted by atomic mass is 16.5. The fourth-order valence-electron chi connectivity index (χ4n) is 3.92. The van der Waals surface area contributed by atoms with Gasteiger partial charge in [0, 0.05) is 29.1 Å². The van der Waals surface area contributed by atoms with Gasteiger partial charge in [-0.15, -0.1) is 0 Å². The van der Waals surface area contributed by atoms with E-state index in [0.29, 0.717) is 0 Å². The summed E-state index contributed by atoms with van der Waals surface area (Å²) in [7, 11) is 1.72. The Balaban J connectivity index is 2.03. The second-order valence-corrected chi connectivity index (χ2v) is 8.80. The predicted molar refractivity (Wildman–Crippen MR) is 125 cm³/mol. The van der Waals surface area contributed by atoms with Gasteiger partial charge in [0.15, 0.2) is 0 Å². The lowest BCUT2D eigenvalue weighted by molar-refractivity contribution is 0.399. The van der Waals surface area contributed by atoms with Crippen molar-refractivity contribution in [1.82, 2.24) is 4.57 Å². The maximum absolute atomic E-state index is 12.5. The molecule has 0 aliphatic rings. The molecule has 30 heavy (non-hydrogen) atoms. The highest BCUT2D eigenvalue weighted by Gasteiger charge is 2.24. The van der Waals surface area contributed by atoms with E-state index in [2.05, 4.69) is 70.2 Å². The van der Waals surface area contributed by atoms with E-state index in [1.807, 2.05) is 18.3 Å². The standard InChI is InChI=1S/C27H27NO2/c1-18-9-10-20-15-21(12-11-19(20)14-18)23-16-22(28-13-7-6-8-25(28)29)17-24(26(23)30-5)27(2,3)4/h6-17H,1-5H3. The summed E-state index contributed by atoms with van der Waals surface area (Å²) in [5.74, 6) is 0.849. The Morgan fingerprint density at radius 2 is 1.60 bits per heavy atom. The molecule has 3 heteroatoms. The van der Waals surface area contributed by atoms with E-state index in [1.54, 1.807) is 23.8 Å². The molecule has 152 valence electrons. The summed E-state index contributed by atoms with van der Waals surface area (Å²) < 4.78 is 7.61. The summed E-state index contributed by atoms with van der Waals surface area (Å²) in [6.07, 6.45) is 1.81. The van der Waals surface area contributed by atoms with Gasteiger partial charge in [0.25, 0.3) is 5.56 Å². The van der Waals surface area contributed by atoms with E-state index in [4.69, 9.17) is 4.74 Å². The number of hydrogen-bond donors (Lipinski definition) is 0. The zero-order chi connectivity index (χ0) is 21.5. The first kappa shape index (κ1) is 20.0. The summed E-state index contributed by atoms with van der Waals surface area (Å²) in [4.78, 5) is 12.5. The van der Waals surface area contributed by atoms with Gasteiger partial charge in [0.2, 0.25) is 0 Å². The average molecular weight is 398 g/mol. The van der Waals surface area contributed by atoms with Crippen molar-refractivity contribution in [3.8, 4) is 22.6 Å². The maximum atomic E-state index is 12.5. The third kappa shape index (κ3) is 3.63. The van der Waals surface area contributed by atoms with Gasteiger partial charge in [0.05, 0.1) is 7.11 Å². The van der Waals surface area contributed by atoms with Crippen LogP contribution in [0.1, 0.15) is 31.9 Å². The Bertz CT molecular complexity index is 1290. The maximum Gasteiger partial charge on any atom is 0.255 e. The predicted octanol–water partition coefficient (Wildman–Crippen LogP) is 6.27. The van der Waals surface area contributed by atoms with Crippen LogP contribution in [0.4, 0.5) is 0 Å². The summed E-state index contributed by atoms with van der Waals surface area (Å²) in [5.41, 5.74) is 5.00. The Hall–Kier alpha value is -3.33. The van der Waals surface area contributed by atoms with Crippen LogP contribution in [-0.4, -0.2) is 11.7 Å². The van der Waals surface area contributed by atoms with Crippen molar-refractivity contribution >= 4 is 10.8 Å². The number of hydrogen-bond acceptors (Lipinski definition) is 2. The van der Waals surface area contributed by atoms with Crippen LogP contribution >= 0.6 is 0 Å². The Morgan fingerprint density at radius 3 is 2.30 bits per heavy atom. The number of aromatic nitrogens is 1. The van der Waals surface area contributed by atoms with Crippen LogP contribution in [0.3, 0.4) is 0 Å². The van der Waals surface area contributed by atoms with E-state index in [-0.39, 0.29) is 11.0 Å². The molecule has 4 rings (SSSR count). The van der Waals surface area contributed by atoms with E-state index >= 15 is 0 Å². The molecule has 0 N–H and O–H groups in total. The van der Waals surface area contributed by atoms with Crippen LogP contribution in [0.25, 0.3) is 27.6 Å². The van der Waals surface area contributed by atoms with Gasteiger partial charge < -0.3 is 4.74 Å².